The number of rotatable bonds is 7. The molecule has 0 saturated heterocycles. The highest BCUT2D eigenvalue weighted by Gasteiger charge is 2.36. The number of para-hydroxylation sites is 2. The van der Waals surface area contributed by atoms with Crippen LogP contribution in [-0.4, -0.2) is 32.5 Å². The fourth-order valence-corrected chi connectivity index (χ4v) is 4.37. The van der Waals surface area contributed by atoms with Gasteiger partial charge in [0.25, 0.3) is 11.6 Å². The molecule has 0 aliphatic rings. The van der Waals surface area contributed by atoms with Crippen LogP contribution >= 0.6 is 11.3 Å². The summed E-state index contributed by atoms with van der Waals surface area (Å²) in [6.45, 7) is 0. The maximum absolute atomic E-state index is 13.8. The van der Waals surface area contributed by atoms with E-state index in [2.05, 4.69) is 15.4 Å². The number of benzene rings is 2. The van der Waals surface area contributed by atoms with Crippen molar-refractivity contribution in [3.63, 3.8) is 0 Å². The first kappa shape index (κ1) is 25.7. The number of alkyl halides is 3. The third-order valence-electron chi connectivity index (χ3n) is 5.38. The fourth-order valence-electron chi connectivity index (χ4n) is 3.68. The molecule has 0 bridgehead atoms. The van der Waals surface area contributed by atoms with E-state index in [4.69, 9.17) is 9.47 Å². The highest BCUT2D eigenvalue weighted by molar-refractivity contribution is 7.13. The number of nitrogens with one attached hydrogen (secondary N) is 1. The summed E-state index contributed by atoms with van der Waals surface area (Å²) in [5, 5.41) is 19.4. The average Bonchev–Trinajstić information content (AvgIpc) is 3.58. The number of hydrogen-bond acceptors (Lipinski definition) is 8. The van der Waals surface area contributed by atoms with Crippen LogP contribution in [0.2, 0.25) is 0 Å². The lowest BCUT2D eigenvalue weighted by Gasteiger charge is -2.11. The Hall–Kier alpha value is -4.98. The summed E-state index contributed by atoms with van der Waals surface area (Å²) in [5.41, 5.74) is -2.05. The molecule has 0 spiro atoms. The minimum Gasteiger partial charge on any atom is -0.493 e. The summed E-state index contributed by atoms with van der Waals surface area (Å²) < 4.78 is 53.0. The van der Waals surface area contributed by atoms with Crippen LogP contribution in [0.3, 0.4) is 0 Å². The predicted octanol–water partition coefficient (Wildman–Crippen LogP) is 6.44. The molecule has 0 fully saturated rings. The van der Waals surface area contributed by atoms with Gasteiger partial charge in [0.05, 0.1) is 34.4 Å². The number of nitro groups is 1. The number of anilines is 1. The molecule has 0 saturated carbocycles. The molecule has 0 unspecified atom stereocenters. The number of carbonyl (C=O) groups is 1. The summed E-state index contributed by atoms with van der Waals surface area (Å²) >= 11 is 1.21. The molecule has 5 aromatic rings. The summed E-state index contributed by atoms with van der Waals surface area (Å²) in [7, 11) is 1.43. The Kier molecular flexibility index (Phi) is 6.62. The Morgan fingerprint density at radius 1 is 1.08 bits per heavy atom. The maximum atomic E-state index is 13.8. The number of hydrogen-bond donors (Lipinski definition) is 1. The van der Waals surface area contributed by atoms with Gasteiger partial charge >= 0.3 is 6.18 Å². The molecular weight excluding hydrogens is 539 g/mol. The summed E-state index contributed by atoms with van der Waals surface area (Å²) in [5.74, 6) is -0.254. The lowest BCUT2D eigenvalue weighted by molar-refractivity contribution is -0.384. The zero-order valence-electron chi connectivity index (χ0n) is 19.8. The number of nitro benzene ring substituents is 1. The van der Waals surface area contributed by atoms with Crippen molar-refractivity contribution in [2.45, 2.75) is 6.18 Å². The van der Waals surface area contributed by atoms with Crippen molar-refractivity contribution in [2.75, 3.05) is 12.4 Å². The molecule has 0 radical (unpaired) electrons. The minimum atomic E-state index is -4.78. The van der Waals surface area contributed by atoms with E-state index in [0.717, 1.165) is 24.3 Å². The Labute approximate surface area is 221 Å². The van der Waals surface area contributed by atoms with Gasteiger partial charge in [0.2, 0.25) is 0 Å². The largest absolute Gasteiger partial charge is 0.493 e. The molecule has 2 aromatic carbocycles. The molecule has 14 heteroatoms. The van der Waals surface area contributed by atoms with Gasteiger partial charge in [-0.25, -0.2) is 9.50 Å². The summed E-state index contributed by atoms with van der Waals surface area (Å²) in [6, 6.07) is 15.4. The number of thiophene rings is 1. The Morgan fingerprint density at radius 3 is 2.51 bits per heavy atom. The second-order valence-corrected chi connectivity index (χ2v) is 8.93. The van der Waals surface area contributed by atoms with Gasteiger partial charge in [-0.3, -0.25) is 14.9 Å². The number of nitrogens with zero attached hydrogens (tertiary/aromatic N) is 4. The van der Waals surface area contributed by atoms with Crippen molar-refractivity contribution in [3.05, 3.63) is 93.6 Å². The minimum absolute atomic E-state index is 0.0145. The first-order valence-corrected chi connectivity index (χ1v) is 11.9. The van der Waals surface area contributed by atoms with Crippen LogP contribution in [0.15, 0.2) is 72.1 Å². The Balaban J connectivity index is 1.49. The number of carbonyl (C=O) groups excluding carboxylic acids is 1. The van der Waals surface area contributed by atoms with Crippen LogP contribution in [0.25, 0.3) is 16.2 Å². The zero-order valence-corrected chi connectivity index (χ0v) is 20.6. The lowest BCUT2D eigenvalue weighted by atomic mass is 10.2. The number of aromatic nitrogens is 3. The van der Waals surface area contributed by atoms with Crippen molar-refractivity contribution in [3.8, 4) is 27.8 Å². The van der Waals surface area contributed by atoms with E-state index in [1.807, 2.05) is 0 Å². The van der Waals surface area contributed by atoms with Crippen LogP contribution in [0.4, 0.5) is 24.5 Å². The number of amides is 1. The first-order chi connectivity index (χ1) is 18.6. The molecule has 39 heavy (non-hydrogen) atoms. The van der Waals surface area contributed by atoms with Crippen molar-refractivity contribution in [1.29, 1.82) is 0 Å². The van der Waals surface area contributed by atoms with E-state index >= 15 is 0 Å². The molecular formula is C25H16F3N5O5S. The number of non-ortho nitro benzene ring substituents is 1. The van der Waals surface area contributed by atoms with Crippen molar-refractivity contribution < 1.29 is 32.4 Å². The molecule has 3 heterocycles. The predicted molar refractivity (Wildman–Crippen MR) is 135 cm³/mol. The van der Waals surface area contributed by atoms with Crippen molar-refractivity contribution in [1.82, 2.24) is 14.6 Å². The molecule has 1 amide bonds. The monoisotopic (exact) mass is 555 g/mol. The normalized spacial score (nSPS) is 11.4. The number of methoxy groups -OCH3 is 1. The molecule has 3 aromatic heterocycles. The van der Waals surface area contributed by atoms with Gasteiger partial charge in [0, 0.05) is 18.2 Å². The van der Waals surface area contributed by atoms with Crippen LogP contribution in [-0.2, 0) is 6.18 Å². The average molecular weight is 555 g/mol. The lowest BCUT2D eigenvalue weighted by Crippen LogP contribution is -2.15. The first-order valence-electron chi connectivity index (χ1n) is 11.1. The van der Waals surface area contributed by atoms with E-state index in [1.54, 1.807) is 41.8 Å². The van der Waals surface area contributed by atoms with Gasteiger partial charge in [-0.2, -0.15) is 18.3 Å². The van der Waals surface area contributed by atoms with E-state index in [-0.39, 0.29) is 34.2 Å². The quantitative estimate of drug-likeness (QED) is 0.181. The van der Waals surface area contributed by atoms with E-state index in [1.165, 1.54) is 24.5 Å². The smallest absolute Gasteiger partial charge is 0.433 e. The van der Waals surface area contributed by atoms with E-state index in [9.17, 15) is 28.1 Å². The van der Waals surface area contributed by atoms with Gasteiger partial charge in [-0.05, 0) is 29.6 Å². The van der Waals surface area contributed by atoms with Gasteiger partial charge in [-0.15, -0.1) is 11.3 Å². The maximum Gasteiger partial charge on any atom is 0.433 e. The molecule has 5 rings (SSSR count). The van der Waals surface area contributed by atoms with Gasteiger partial charge in [-0.1, -0.05) is 18.2 Å². The SMILES string of the molecule is COc1ccccc1Oc1cc(NC(=O)c2cc3nc(-c4cccs4)cc(C(F)(F)F)n3n2)cc([N+](=O)[O-])c1. The zero-order chi connectivity index (χ0) is 27.7. The van der Waals surface area contributed by atoms with Gasteiger partial charge in [0.1, 0.15) is 5.75 Å². The van der Waals surface area contributed by atoms with Crippen LogP contribution in [0, 0.1) is 10.1 Å². The van der Waals surface area contributed by atoms with E-state index in [0.29, 0.717) is 15.1 Å². The highest BCUT2D eigenvalue weighted by Crippen LogP contribution is 2.35. The van der Waals surface area contributed by atoms with Crippen molar-refractivity contribution in [2.24, 2.45) is 0 Å². The van der Waals surface area contributed by atoms with Gasteiger partial charge < -0.3 is 14.8 Å². The van der Waals surface area contributed by atoms with Gasteiger partial charge in [0.15, 0.2) is 28.5 Å². The summed E-state index contributed by atoms with van der Waals surface area (Å²) in [4.78, 5) is 28.5. The number of fused-ring (bicyclic) bond motifs is 1. The number of ether oxygens (including phenoxy) is 2. The fraction of sp³-hybridized carbons (Fsp3) is 0.0800. The second-order valence-electron chi connectivity index (χ2n) is 7.98. The molecule has 0 aliphatic carbocycles. The molecule has 0 aliphatic heterocycles. The van der Waals surface area contributed by atoms with Crippen molar-refractivity contribution >= 4 is 34.3 Å². The van der Waals surface area contributed by atoms with E-state index < -0.39 is 28.4 Å². The highest BCUT2D eigenvalue weighted by atomic mass is 32.1. The summed E-state index contributed by atoms with van der Waals surface area (Å²) in [6.07, 6.45) is -4.78. The van der Waals surface area contributed by atoms with Crippen LogP contribution in [0.5, 0.6) is 17.2 Å². The van der Waals surface area contributed by atoms with Crippen LogP contribution in [0.1, 0.15) is 16.2 Å². The Bertz CT molecular complexity index is 1700. The number of halogens is 3. The molecule has 198 valence electrons. The standard InChI is InChI=1S/C25H16F3N5O5S/c1-37-19-5-2-3-6-20(19)38-16-10-14(9-15(11-16)33(35)36)29-24(34)18-13-23-30-17(21-7-4-8-39-21)12-22(25(26,27)28)32(23)31-18/h2-13H,1H3,(H,29,34). The van der Waals surface area contributed by atoms with Crippen LogP contribution < -0.4 is 14.8 Å². The molecule has 10 nitrogen and oxygen atoms in total. The molecule has 0 atom stereocenters. The second kappa shape index (κ2) is 10.1. The molecule has 1 N–H and O–H groups in total. The topological polar surface area (TPSA) is 121 Å². The third-order valence-corrected chi connectivity index (χ3v) is 6.27. The Morgan fingerprint density at radius 2 is 1.85 bits per heavy atom. The third kappa shape index (κ3) is 5.36.